The molecule has 0 spiro atoms. The molecule has 4 nitrogen and oxygen atoms in total. The van der Waals surface area contributed by atoms with E-state index in [2.05, 4.69) is 22.5 Å². The lowest BCUT2D eigenvalue weighted by Gasteiger charge is -2.19. The van der Waals surface area contributed by atoms with Gasteiger partial charge in [0, 0.05) is 24.7 Å². The van der Waals surface area contributed by atoms with Crippen LogP contribution in [0.4, 0.5) is 0 Å². The van der Waals surface area contributed by atoms with Gasteiger partial charge in [0.1, 0.15) is 0 Å². The van der Waals surface area contributed by atoms with Crippen LogP contribution in [-0.2, 0) is 0 Å². The summed E-state index contributed by atoms with van der Waals surface area (Å²) in [6.45, 7) is 7.58. The Labute approximate surface area is 149 Å². The van der Waals surface area contributed by atoms with Crippen molar-refractivity contribution in [1.82, 2.24) is 10.6 Å². The van der Waals surface area contributed by atoms with E-state index in [0.29, 0.717) is 6.54 Å². The highest BCUT2D eigenvalue weighted by molar-refractivity contribution is 14.0. The lowest BCUT2D eigenvalue weighted by atomic mass is 10.1. The predicted octanol–water partition coefficient (Wildman–Crippen LogP) is 3.20. The highest BCUT2D eigenvalue weighted by Crippen LogP contribution is 2.17. The summed E-state index contributed by atoms with van der Waals surface area (Å²) in [7, 11) is 0. The first kappa shape index (κ1) is 20.5. The molecule has 120 valence electrons. The Bertz CT molecular complexity index is 443. The fourth-order valence-corrected chi connectivity index (χ4v) is 1.89. The Kier molecular flexibility index (Phi) is 10.8. The van der Waals surface area contributed by atoms with E-state index < -0.39 is 0 Å². The zero-order chi connectivity index (χ0) is 15.0. The lowest BCUT2D eigenvalue weighted by molar-refractivity contribution is 0.241. The van der Waals surface area contributed by atoms with E-state index in [-0.39, 0.29) is 42.5 Å². The Balaban J connectivity index is 0.00000400. The monoisotopic (exact) mass is 425 g/mol. The maximum atomic E-state index is 9.04. The van der Waals surface area contributed by atoms with Crippen molar-refractivity contribution in [1.29, 1.82) is 0 Å². The average Bonchev–Trinajstić information content (AvgIpc) is 2.44. The predicted molar refractivity (Wildman–Crippen MR) is 101 cm³/mol. The van der Waals surface area contributed by atoms with Gasteiger partial charge in [-0.25, -0.2) is 0 Å². The van der Waals surface area contributed by atoms with Gasteiger partial charge in [-0.05, 0) is 37.5 Å². The number of aliphatic hydroxyl groups excluding tert-OH is 1. The van der Waals surface area contributed by atoms with Crippen LogP contribution in [0.25, 0.3) is 0 Å². The molecule has 2 unspecified atom stereocenters. The number of hydrogen-bond acceptors (Lipinski definition) is 2. The minimum absolute atomic E-state index is 0. The van der Waals surface area contributed by atoms with Gasteiger partial charge in [-0.1, -0.05) is 30.7 Å². The molecular weight excluding hydrogens is 401 g/mol. The van der Waals surface area contributed by atoms with Crippen molar-refractivity contribution in [2.45, 2.75) is 26.8 Å². The van der Waals surface area contributed by atoms with Gasteiger partial charge < -0.3 is 15.7 Å². The number of nitrogens with one attached hydrogen (secondary N) is 2. The molecule has 0 heterocycles. The third kappa shape index (κ3) is 7.87. The number of aliphatic imine (C=N–C) groups is 1. The number of halogens is 2. The Morgan fingerprint density at radius 2 is 2.10 bits per heavy atom. The number of aliphatic hydroxyl groups is 1. The second-order valence-corrected chi connectivity index (χ2v) is 5.36. The van der Waals surface area contributed by atoms with Crippen molar-refractivity contribution < 1.29 is 5.11 Å². The van der Waals surface area contributed by atoms with Gasteiger partial charge in [0.25, 0.3) is 0 Å². The van der Waals surface area contributed by atoms with Crippen molar-refractivity contribution in [3.8, 4) is 0 Å². The first-order chi connectivity index (χ1) is 9.56. The van der Waals surface area contributed by atoms with Gasteiger partial charge in [0.05, 0.1) is 6.04 Å². The van der Waals surface area contributed by atoms with Gasteiger partial charge in [-0.15, -0.1) is 24.0 Å². The molecule has 0 aliphatic heterocycles. The fraction of sp³-hybridized carbons (Fsp3) is 0.533. The lowest BCUT2D eigenvalue weighted by Crippen LogP contribution is -2.39. The SMILES string of the molecule is CCNC(=NCC(C)CO)NC(C)c1cccc(Cl)c1.I. The zero-order valence-corrected chi connectivity index (χ0v) is 15.9. The van der Waals surface area contributed by atoms with Crippen molar-refractivity contribution in [2.24, 2.45) is 10.9 Å². The summed E-state index contributed by atoms with van der Waals surface area (Å²) < 4.78 is 0. The molecule has 0 aromatic heterocycles. The molecule has 1 rings (SSSR count). The van der Waals surface area contributed by atoms with Crippen LogP contribution in [0.2, 0.25) is 5.02 Å². The van der Waals surface area contributed by atoms with Crippen LogP contribution >= 0.6 is 35.6 Å². The number of benzene rings is 1. The fourth-order valence-electron chi connectivity index (χ4n) is 1.69. The molecule has 0 saturated carbocycles. The molecule has 1 aromatic rings. The maximum Gasteiger partial charge on any atom is 0.191 e. The first-order valence-electron chi connectivity index (χ1n) is 6.98. The molecule has 3 N–H and O–H groups in total. The quantitative estimate of drug-likeness (QED) is 0.373. The number of rotatable bonds is 6. The van der Waals surface area contributed by atoms with Crippen LogP contribution in [0.5, 0.6) is 0 Å². The molecule has 1 aromatic carbocycles. The minimum atomic E-state index is 0. The molecule has 0 bridgehead atoms. The van der Waals surface area contributed by atoms with Crippen LogP contribution in [0.15, 0.2) is 29.3 Å². The third-order valence-corrected chi connectivity index (χ3v) is 3.15. The molecule has 0 fully saturated rings. The molecule has 21 heavy (non-hydrogen) atoms. The highest BCUT2D eigenvalue weighted by Gasteiger charge is 2.08. The van der Waals surface area contributed by atoms with Crippen LogP contribution in [0, 0.1) is 5.92 Å². The zero-order valence-electron chi connectivity index (χ0n) is 12.8. The summed E-state index contributed by atoms with van der Waals surface area (Å²) in [5, 5.41) is 16.3. The second kappa shape index (κ2) is 11.1. The van der Waals surface area contributed by atoms with Crippen molar-refractivity contribution in [3.05, 3.63) is 34.9 Å². The van der Waals surface area contributed by atoms with Crippen molar-refractivity contribution in [3.63, 3.8) is 0 Å². The second-order valence-electron chi connectivity index (χ2n) is 4.93. The van der Waals surface area contributed by atoms with E-state index in [4.69, 9.17) is 16.7 Å². The van der Waals surface area contributed by atoms with Crippen LogP contribution in [0.3, 0.4) is 0 Å². The summed E-state index contributed by atoms with van der Waals surface area (Å²) in [5.74, 6) is 0.909. The molecule has 2 atom stereocenters. The van der Waals surface area contributed by atoms with Crippen LogP contribution in [-0.4, -0.2) is 30.8 Å². The molecule has 6 heteroatoms. The van der Waals surface area contributed by atoms with E-state index in [0.717, 1.165) is 23.1 Å². The average molecular weight is 426 g/mol. The van der Waals surface area contributed by atoms with Gasteiger partial charge in [0.2, 0.25) is 0 Å². The number of hydrogen-bond donors (Lipinski definition) is 3. The van der Waals surface area contributed by atoms with Gasteiger partial charge in [-0.2, -0.15) is 0 Å². The summed E-state index contributed by atoms with van der Waals surface area (Å²) in [5.41, 5.74) is 1.11. The summed E-state index contributed by atoms with van der Waals surface area (Å²) in [6, 6.07) is 7.88. The standard InChI is InChI=1S/C15H24ClN3O.HI/c1-4-17-15(18-9-11(2)10-20)19-12(3)13-6-5-7-14(16)8-13;/h5-8,11-12,20H,4,9-10H2,1-3H3,(H2,17,18,19);1H. The van der Waals surface area contributed by atoms with Crippen molar-refractivity contribution in [2.75, 3.05) is 19.7 Å². The summed E-state index contributed by atoms with van der Waals surface area (Å²) in [6.07, 6.45) is 0. The van der Waals surface area contributed by atoms with E-state index >= 15 is 0 Å². The molecule has 0 saturated heterocycles. The molecule has 0 amide bonds. The van der Waals surface area contributed by atoms with E-state index in [1.54, 1.807) is 0 Å². The van der Waals surface area contributed by atoms with E-state index in [9.17, 15) is 0 Å². The first-order valence-corrected chi connectivity index (χ1v) is 7.35. The maximum absolute atomic E-state index is 9.04. The van der Waals surface area contributed by atoms with Crippen LogP contribution in [0.1, 0.15) is 32.4 Å². The highest BCUT2D eigenvalue weighted by atomic mass is 127. The Morgan fingerprint density at radius 3 is 2.67 bits per heavy atom. The van der Waals surface area contributed by atoms with Gasteiger partial charge >= 0.3 is 0 Å². The minimum Gasteiger partial charge on any atom is -0.396 e. The normalized spacial score (nSPS) is 14.0. The smallest absolute Gasteiger partial charge is 0.191 e. The number of nitrogens with zero attached hydrogens (tertiary/aromatic N) is 1. The molecular formula is C15H25ClIN3O. The van der Waals surface area contributed by atoms with Gasteiger partial charge in [-0.3, -0.25) is 4.99 Å². The van der Waals surface area contributed by atoms with Gasteiger partial charge in [0.15, 0.2) is 5.96 Å². The summed E-state index contributed by atoms with van der Waals surface area (Å²) >= 11 is 6.01. The van der Waals surface area contributed by atoms with Crippen LogP contribution < -0.4 is 10.6 Å². The van der Waals surface area contributed by atoms with E-state index in [1.165, 1.54) is 0 Å². The Hall–Kier alpha value is -0.530. The topological polar surface area (TPSA) is 56.7 Å². The molecule has 0 aliphatic rings. The molecule has 0 aliphatic carbocycles. The van der Waals surface area contributed by atoms with E-state index in [1.807, 2.05) is 38.1 Å². The molecule has 0 radical (unpaired) electrons. The number of guanidine groups is 1. The Morgan fingerprint density at radius 1 is 1.38 bits per heavy atom. The largest absolute Gasteiger partial charge is 0.396 e. The van der Waals surface area contributed by atoms with Crippen molar-refractivity contribution >= 4 is 41.5 Å². The third-order valence-electron chi connectivity index (χ3n) is 2.92. The summed E-state index contributed by atoms with van der Waals surface area (Å²) in [4.78, 5) is 4.47.